The molecule has 268 valence electrons. The first-order valence-electron chi connectivity index (χ1n) is 17.2. The summed E-state index contributed by atoms with van der Waals surface area (Å²) in [5.74, 6) is -1.43. The highest BCUT2D eigenvalue weighted by Gasteiger charge is 2.20. The Kier molecular flexibility index (Phi) is 13.2. The van der Waals surface area contributed by atoms with Crippen LogP contribution in [0.25, 0.3) is 5.69 Å². The normalized spacial score (nSPS) is 10.7. The number of hydrogen-bond acceptors (Lipinski definition) is 8. The van der Waals surface area contributed by atoms with E-state index in [1.165, 1.54) is 36.3 Å². The Hall–Kier alpha value is -6.30. The molecule has 4 aromatic carbocycles. The van der Waals surface area contributed by atoms with Gasteiger partial charge in [-0.3, -0.25) is 14.4 Å². The number of carboxylic acids is 1. The highest BCUT2D eigenvalue weighted by Crippen LogP contribution is 2.20. The number of amides is 2. The predicted molar refractivity (Wildman–Crippen MR) is 195 cm³/mol. The van der Waals surface area contributed by atoms with Gasteiger partial charge >= 0.3 is 11.9 Å². The summed E-state index contributed by atoms with van der Waals surface area (Å²) in [5.41, 5.74) is 3.40. The maximum atomic E-state index is 13.4. The molecule has 0 spiro atoms. The average Bonchev–Trinajstić information content (AvgIpc) is 3.69. The number of esters is 1. The van der Waals surface area contributed by atoms with Crippen molar-refractivity contribution in [2.75, 3.05) is 18.5 Å². The summed E-state index contributed by atoms with van der Waals surface area (Å²) in [7, 11) is 0. The van der Waals surface area contributed by atoms with Crippen molar-refractivity contribution in [1.29, 1.82) is 0 Å². The van der Waals surface area contributed by atoms with Gasteiger partial charge in [-0.05, 0) is 90.3 Å². The number of anilines is 1. The molecule has 0 bridgehead atoms. The first-order chi connectivity index (χ1) is 25.3. The zero-order valence-corrected chi connectivity index (χ0v) is 28.9. The van der Waals surface area contributed by atoms with Crippen molar-refractivity contribution in [3.63, 3.8) is 0 Å². The van der Waals surface area contributed by atoms with Crippen molar-refractivity contribution in [2.45, 2.75) is 52.0 Å². The van der Waals surface area contributed by atoms with Crippen molar-refractivity contribution in [1.82, 2.24) is 19.9 Å². The molecule has 0 aliphatic carbocycles. The van der Waals surface area contributed by atoms with E-state index in [4.69, 9.17) is 9.47 Å². The van der Waals surface area contributed by atoms with Gasteiger partial charge in [-0.1, -0.05) is 62.1 Å². The quantitative estimate of drug-likeness (QED) is 0.0574. The summed E-state index contributed by atoms with van der Waals surface area (Å²) in [5, 5.41) is 20.1. The van der Waals surface area contributed by atoms with Crippen molar-refractivity contribution in [3.05, 3.63) is 132 Å². The molecule has 0 radical (unpaired) electrons. The van der Waals surface area contributed by atoms with Crippen molar-refractivity contribution >= 4 is 29.4 Å². The molecule has 1 heterocycles. The van der Waals surface area contributed by atoms with Gasteiger partial charge in [-0.15, -0.1) is 5.10 Å². The van der Waals surface area contributed by atoms with Crippen LogP contribution in [0.15, 0.2) is 109 Å². The van der Waals surface area contributed by atoms with Crippen LogP contribution < -0.4 is 14.8 Å². The van der Waals surface area contributed by atoms with Crippen LogP contribution in [0.4, 0.5) is 5.69 Å². The van der Waals surface area contributed by atoms with E-state index in [9.17, 15) is 24.3 Å². The summed E-state index contributed by atoms with van der Waals surface area (Å²) >= 11 is 0. The summed E-state index contributed by atoms with van der Waals surface area (Å²) in [6.45, 7) is 2.29. The second-order valence-electron chi connectivity index (χ2n) is 12.2. The largest absolute Gasteiger partial charge is 0.494 e. The minimum atomic E-state index is -1.17. The van der Waals surface area contributed by atoms with Gasteiger partial charge in [0.25, 0.3) is 5.91 Å². The van der Waals surface area contributed by atoms with Crippen LogP contribution in [0.2, 0.25) is 0 Å². The zero-order chi connectivity index (χ0) is 36.7. The molecule has 0 saturated carbocycles. The first kappa shape index (κ1) is 37.0. The van der Waals surface area contributed by atoms with Crippen LogP contribution in [0.3, 0.4) is 0 Å². The van der Waals surface area contributed by atoms with Crippen LogP contribution >= 0.6 is 0 Å². The molecule has 0 atom stereocenters. The first-order valence-corrected chi connectivity index (χ1v) is 17.2. The standard InChI is InChI=1S/C40H41N5O7/c1-2-3-4-5-6-25-51-35-21-13-32(14-22-35)40(50)52-36-19-9-30(10-20-36)27-44(28-38(47)48)39(49)31-11-15-33(16-12-31)42-37(46)26-29-7-17-34(18-8-29)45-24-23-41-43-45/h7-24H,2-6,25-28H2,1H3,(H,42,46)(H,47,48). The molecule has 0 fully saturated rings. The van der Waals surface area contributed by atoms with E-state index in [1.54, 1.807) is 77.7 Å². The van der Waals surface area contributed by atoms with Gasteiger partial charge in [0.15, 0.2) is 0 Å². The highest BCUT2D eigenvalue weighted by atomic mass is 16.5. The molecule has 2 N–H and O–H groups in total. The summed E-state index contributed by atoms with van der Waals surface area (Å²) in [6.07, 6.45) is 9.20. The SMILES string of the molecule is CCCCCCCOc1ccc(C(=O)Oc2ccc(CN(CC(=O)O)C(=O)c3ccc(NC(=O)Cc4ccc(-n5ccnn5)cc4)cc3)cc2)cc1. The summed E-state index contributed by atoms with van der Waals surface area (Å²) in [6, 6.07) is 26.9. The zero-order valence-electron chi connectivity index (χ0n) is 28.9. The van der Waals surface area contributed by atoms with Gasteiger partial charge < -0.3 is 24.8 Å². The summed E-state index contributed by atoms with van der Waals surface area (Å²) < 4.78 is 12.9. The number of benzene rings is 4. The van der Waals surface area contributed by atoms with E-state index >= 15 is 0 Å². The van der Waals surface area contributed by atoms with E-state index < -0.39 is 24.4 Å². The molecule has 5 rings (SSSR count). The predicted octanol–water partition coefficient (Wildman–Crippen LogP) is 6.74. The molecule has 12 heteroatoms. The van der Waals surface area contributed by atoms with E-state index in [0.717, 1.165) is 24.1 Å². The number of aromatic nitrogens is 3. The van der Waals surface area contributed by atoms with Gasteiger partial charge in [0, 0.05) is 17.8 Å². The number of nitrogens with one attached hydrogen (secondary N) is 1. The van der Waals surface area contributed by atoms with Crippen molar-refractivity contribution in [3.8, 4) is 17.2 Å². The molecule has 0 aliphatic heterocycles. The molecule has 0 unspecified atom stereocenters. The lowest BCUT2D eigenvalue weighted by molar-refractivity contribution is -0.137. The fourth-order valence-corrected chi connectivity index (χ4v) is 5.38. The molecule has 2 amide bonds. The fraction of sp³-hybridized carbons (Fsp3) is 0.250. The number of nitrogens with zero attached hydrogens (tertiary/aromatic N) is 4. The highest BCUT2D eigenvalue weighted by molar-refractivity contribution is 5.97. The molecular weight excluding hydrogens is 662 g/mol. The Bertz CT molecular complexity index is 1910. The van der Waals surface area contributed by atoms with Crippen LogP contribution in [-0.4, -0.2) is 61.9 Å². The van der Waals surface area contributed by atoms with Crippen LogP contribution in [-0.2, 0) is 22.6 Å². The van der Waals surface area contributed by atoms with E-state index in [-0.39, 0.29) is 24.4 Å². The molecule has 5 aromatic rings. The van der Waals surface area contributed by atoms with Crippen LogP contribution in [0.1, 0.15) is 70.9 Å². The molecule has 0 aliphatic rings. The number of ether oxygens (including phenoxy) is 2. The molecular formula is C40H41N5O7. The van der Waals surface area contributed by atoms with Gasteiger partial charge in [0.1, 0.15) is 18.0 Å². The Morgan fingerprint density at radius 1 is 0.769 bits per heavy atom. The maximum absolute atomic E-state index is 13.4. The lowest BCUT2D eigenvalue weighted by Crippen LogP contribution is -2.35. The molecule has 0 saturated heterocycles. The lowest BCUT2D eigenvalue weighted by Gasteiger charge is -2.21. The van der Waals surface area contributed by atoms with E-state index in [1.807, 2.05) is 24.3 Å². The summed E-state index contributed by atoms with van der Waals surface area (Å²) in [4.78, 5) is 51.6. The number of carbonyl (C=O) groups is 4. The fourth-order valence-electron chi connectivity index (χ4n) is 5.38. The third-order valence-electron chi connectivity index (χ3n) is 8.13. The number of rotatable bonds is 18. The Labute approximate surface area is 302 Å². The van der Waals surface area contributed by atoms with Gasteiger partial charge in [-0.2, -0.15) is 0 Å². The topological polar surface area (TPSA) is 153 Å². The third kappa shape index (κ3) is 11.1. The second-order valence-corrected chi connectivity index (χ2v) is 12.2. The number of unbranched alkanes of at least 4 members (excludes halogenated alkanes) is 4. The number of hydrogen-bond donors (Lipinski definition) is 2. The molecule has 12 nitrogen and oxygen atoms in total. The number of aliphatic carboxylic acids is 1. The van der Waals surface area contributed by atoms with E-state index in [2.05, 4.69) is 22.6 Å². The Morgan fingerprint density at radius 2 is 1.42 bits per heavy atom. The minimum Gasteiger partial charge on any atom is -0.494 e. The molecule has 1 aromatic heterocycles. The van der Waals surface area contributed by atoms with Gasteiger partial charge in [0.2, 0.25) is 5.91 Å². The smallest absolute Gasteiger partial charge is 0.343 e. The van der Waals surface area contributed by atoms with Gasteiger partial charge in [0.05, 0.1) is 36.7 Å². The second kappa shape index (κ2) is 18.6. The lowest BCUT2D eigenvalue weighted by atomic mass is 10.1. The minimum absolute atomic E-state index is 0.00755. The van der Waals surface area contributed by atoms with Crippen LogP contribution in [0, 0.1) is 0 Å². The number of carboxylic acid groups (broad SMARTS) is 1. The Balaban J connectivity index is 1.11. The average molecular weight is 704 g/mol. The third-order valence-corrected chi connectivity index (χ3v) is 8.13. The van der Waals surface area contributed by atoms with Crippen molar-refractivity contribution < 1.29 is 33.8 Å². The Morgan fingerprint density at radius 3 is 2.08 bits per heavy atom. The monoisotopic (exact) mass is 703 g/mol. The number of carbonyl (C=O) groups excluding carboxylic acids is 3. The van der Waals surface area contributed by atoms with E-state index in [0.29, 0.717) is 34.9 Å². The van der Waals surface area contributed by atoms with Crippen molar-refractivity contribution in [2.24, 2.45) is 0 Å². The van der Waals surface area contributed by atoms with Crippen LogP contribution in [0.5, 0.6) is 11.5 Å². The molecule has 52 heavy (non-hydrogen) atoms. The maximum Gasteiger partial charge on any atom is 0.343 e. The van der Waals surface area contributed by atoms with Gasteiger partial charge in [-0.25, -0.2) is 9.48 Å².